The first-order valence-electron chi connectivity index (χ1n) is 6.42. The van der Waals surface area contributed by atoms with Crippen molar-refractivity contribution in [3.8, 4) is 0 Å². The van der Waals surface area contributed by atoms with Crippen LogP contribution >= 0.6 is 23.4 Å². The number of carbonyl (C=O) groups is 1. The molecule has 0 aromatic heterocycles. The molecule has 0 saturated carbocycles. The van der Waals surface area contributed by atoms with E-state index < -0.39 is 45.6 Å². The number of anilines is 1. The van der Waals surface area contributed by atoms with Crippen molar-refractivity contribution in [1.29, 1.82) is 0 Å². The fourth-order valence-electron chi connectivity index (χ4n) is 1.76. The molecule has 2 nitrogen and oxygen atoms in total. The van der Waals surface area contributed by atoms with E-state index in [-0.39, 0.29) is 11.8 Å². The van der Waals surface area contributed by atoms with E-state index in [1.165, 1.54) is 6.07 Å². The smallest absolute Gasteiger partial charge is 0.234 e. The van der Waals surface area contributed by atoms with Gasteiger partial charge >= 0.3 is 0 Å². The molecule has 0 radical (unpaired) electrons. The Balaban J connectivity index is 2.14. The number of hydrogen-bond donors (Lipinski definition) is 1. The second-order valence-corrected chi connectivity index (χ2v) is 6.12. The molecule has 0 unspecified atom stereocenters. The van der Waals surface area contributed by atoms with Crippen LogP contribution in [0.15, 0.2) is 23.1 Å². The third-order valence-corrected chi connectivity index (χ3v) is 4.28. The average molecular weight is 382 g/mol. The second kappa shape index (κ2) is 7.40. The van der Waals surface area contributed by atoms with Gasteiger partial charge in [0.05, 0.1) is 10.6 Å². The minimum absolute atomic E-state index is 0.206. The van der Waals surface area contributed by atoms with E-state index in [2.05, 4.69) is 5.32 Å². The number of benzene rings is 2. The van der Waals surface area contributed by atoms with Gasteiger partial charge in [0.2, 0.25) is 11.7 Å². The number of aryl methyl sites for hydroxylation is 1. The van der Waals surface area contributed by atoms with Crippen molar-refractivity contribution < 1.29 is 26.7 Å². The summed E-state index contributed by atoms with van der Waals surface area (Å²) in [6.07, 6.45) is 0. The van der Waals surface area contributed by atoms with Crippen molar-refractivity contribution in [2.45, 2.75) is 11.8 Å². The van der Waals surface area contributed by atoms with Crippen molar-refractivity contribution in [1.82, 2.24) is 0 Å². The van der Waals surface area contributed by atoms with Crippen molar-refractivity contribution >= 4 is 35.0 Å². The van der Waals surface area contributed by atoms with Crippen LogP contribution < -0.4 is 5.32 Å². The molecular weight excluding hydrogens is 373 g/mol. The van der Waals surface area contributed by atoms with Gasteiger partial charge in [-0.3, -0.25) is 4.79 Å². The summed E-state index contributed by atoms with van der Waals surface area (Å²) >= 11 is 6.00. The van der Waals surface area contributed by atoms with Gasteiger partial charge in [0.25, 0.3) is 0 Å². The summed E-state index contributed by atoms with van der Waals surface area (Å²) < 4.78 is 66.1. The number of carbonyl (C=O) groups excluding carboxylic acids is 1. The van der Waals surface area contributed by atoms with Gasteiger partial charge in [0.15, 0.2) is 23.3 Å². The van der Waals surface area contributed by atoms with Crippen LogP contribution in [0.4, 0.5) is 27.6 Å². The largest absolute Gasteiger partial charge is 0.325 e. The zero-order valence-electron chi connectivity index (χ0n) is 12.0. The van der Waals surface area contributed by atoms with Gasteiger partial charge in [-0.15, -0.1) is 11.8 Å². The van der Waals surface area contributed by atoms with Gasteiger partial charge < -0.3 is 5.32 Å². The van der Waals surface area contributed by atoms with Crippen LogP contribution in [0.2, 0.25) is 5.02 Å². The lowest BCUT2D eigenvalue weighted by atomic mass is 10.2. The number of nitrogens with one attached hydrogen (secondary N) is 1. The molecular formula is C15H9ClF5NOS. The fourth-order valence-corrected chi connectivity index (χ4v) is 2.72. The van der Waals surface area contributed by atoms with Gasteiger partial charge in [-0.1, -0.05) is 17.7 Å². The number of thioether (sulfide) groups is 1. The number of hydrogen-bond acceptors (Lipinski definition) is 2. The molecule has 0 aliphatic heterocycles. The van der Waals surface area contributed by atoms with Crippen molar-refractivity contribution in [3.05, 3.63) is 57.9 Å². The van der Waals surface area contributed by atoms with Gasteiger partial charge in [-0.05, 0) is 24.6 Å². The quantitative estimate of drug-likeness (QED) is 0.346. The third-order valence-electron chi connectivity index (χ3n) is 2.99. The topological polar surface area (TPSA) is 29.1 Å². The Hall–Kier alpha value is -1.80. The second-order valence-electron chi connectivity index (χ2n) is 4.70. The third kappa shape index (κ3) is 3.81. The van der Waals surface area contributed by atoms with Crippen LogP contribution in [0.25, 0.3) is 0 Å². The molecule has 2 rings (SSSR count). The lowest BCUT2D eigenvalue weighted by molar-refractivity contribution is -0.113. The SMILES string of the molecule is Cc1ccc(Cl)cc1NC(=O)CSc1c(F)c(F)c(F)c(F)c1F. The highest BCUT2D eigenvalue weighted by Crippen LogP contribution is 2.31. The van der Waals surface area contributed by atoms with E-state index in [0.29, 0.717) is 16.3 Å². The monoisotopic (exact) mass is 381 g/mol. The lowest BCUT2D eigenvalue weighted by Gasteiger charge is -2.10. The molecule has 0 heterocycles. The van der Waals surface area contributed by atoms with Gasteiger partial charge in [0.1, 0.15) is 0 Å². The fraction of sp³-hybridized carbons (Fsp3) is 0.133. The standard InChI is InChI=1S/C15H9ClF5NOS/c1-6-2-3-7(16)4-8(6)22-9(23)5-24-15-13(20)11(18)10(17)12(19)14(15)21/h2-4H,5H2,1H3,(H,22,23). The molecule has 2 aromatic carbocycles. The van der Waals surface area contributed by atoms with Crippen molar-refractivity contribution in [2.75, 3.05) is 11.1 Å². The summed E-state index contributed by atoms with van der Waals surface area (Å²) in [6.45, 7) is 1.70. The highest BCUT2D eigenvalue weighted by atomic mass is 35.5. The van der Waals surface area contributed by atoms with E-state index in [4.69, 9.17) is 11.6 Å². The molecule has 2 aromatic rings. The van der Waals surface area contributed by atoms with Crippen LogP contribution in [0, 0.1) is 36.0 Å². The van der Waals surface area contributed by atoms with E-state index in [1.807, 2.05) is 0 Å². The van der Waals surface area contributed by atoms with E-state index in [1.54, 1.807) is 19.1 Å². The minimum Gasteiger partial charge on any atom is -0.325 e. The predicted octanol–water partition coefficient (Wildman–Crippen LogP) is 5.07. The first-order valence-corrected chi connectivity index (χ1v) is 7.79. The predicted molar refractivity (Wildman–Crippen MR) is 81.8 cm³/mol. The molecule has 0 spiro atoms. The Bertz CT molecular complexity index is 786. The maximum absolute atomic E-state index is 13.5. The molecule has 24 heavy (non-hydrogen) atoms. The zero-order chi connectivity index (χ0) is 18.0. The molecule has 0 fully saturated rings. The molecule has 9 heteroatoms. The normalized spacial score (nSPS) is 10.8. The molecule has 0 saturated heterocycles. The zero-order valence-corrected chi connectivity index (χ0v) is 13.6. The van der Waals surface area contributed by atoms with Gasteiger partial charge in [-0.25, -0.2) is 22.0 Å². The van der Waals surface area contributed by atoms with Crippen LogP contribution in [-0.2, 0) is 4.79 Å². The Morgan fingerprint density at radius 2 is 1.58 bits per heavy atom. The van der Waals surface area contributed by atoms with Gasteiger partial charge in [-0.2, -0.15) is 0 Å². The van der Waals surface area contributed by atoms with E-state index >= 15 is 0 Å². The maximum Gasteiger partial charge on any atom is 0.234 e. The summed E-state index contributed by atoms with van der Waals surface area (Å²) in [5, 5.41) is 2.81. The summed E-state index contributed by atoms with van der Waals surface area (Å²) in [4.78, 5) is 10.7. The Morgan fingerprint density at radius 1 is 1.04 bits per heavy atom. The number of halogens is 6. The summed E-state index contributed by atoms with van der Waals surface area (Å²) in [7, 11) is 0. The molecule has 1 amide bonds. The van der Waals surface area contributed by atoms with Crippen LogP contribution in [0.5, 0.6) is 0 Å². The first-order chi connectivity index (χ1) is 11.2. The Morgan fingerprint density at radius 3 is 2.17 bits per heavy atom. The van der Waals surface area contributed by atoms with Crippen LogP contribution in [0.3, 0.4) is 0 Å². The average Bonchev–Trinajstić information content (AvgIpc) is 2.54. The Labute approximate surface area is 143 Å². The molecule has 128 valence electrons. The summed E-state index contributed by atoms with van der Waals surface area (Å²) in [5.41, 5.74) is 1.07. The van der Waals surface area contributed by atoms with Crippen molar-refractivity contribution in [2.24, 2.45) is 0 Å². The molecule has 0 bridgehead atoms. The lowest BCUT2D eigenvalue weighted by Crippen LogP contribution is -2.15. The number of rotatable bonds is 4. The first kappa shape index (κ1) is 18.5. The van der Waals surface area contributed by atoms with E-state index in [0.717, 1.165) is 0 Å². The van der Waals surface area contributed by atoms with E-state index in [9.17, 15) is 26.7 Å². The molecule has 0 aliphatic carbocycles. The molecule has 1 N–H and O–H groups in total. The highest BCUT2D eigenvalue weighted by Gasteiger charge is 2.26. The number of amides is 1. The Kier molecular flexibility index (Phi) is 5.71. The molecule has 0 aliphatic rings. The highest BCUT2D eigenvalue weighted by molar-refractivity contribution is 8.00. The van der Waals surface area contributed by atoms with Crippen LogP contribution in [-0.4, -0.2) is 11.7 Å². The minimum atomic E-state index is -2.24. The van der Waals surface area contributed by atoms with Crippen molar-refractivity contribution in [3.63, 3.8) is 0 Å². The van der Waals surface area contributed by atoms with Gasteiger partial charge in [0, 0.05) is 10.7 Å². The maximum atomic E-state index is 13.5. The van der Waals surface area contributed by atoms with Crippen LogP contribution in [0.1, 0.15) is 5.56 Å². The molecule has 0 atom stereocenters. The summed E-state index contributed by atoms with van der Waals surface area (Å²) in [5.74, 6) is -11.5. The summed E-state index contributed by atoms with van der Waals surface area (Å²) in [6, 6.07) is 4.73.